The number of hydrogen-bond acceptors (Lipinski definition) is 2. The minimum atomic E-state index is -0.818. The number of aromatic nitrogens is 1. The molecule has 0 fully saturated rings. The van der Waals surface area contributed by atoms with Gasteiger partial charge in [0.25, 0.3) is 0 Å². The lowest BCUT2D eigenvalue weighted by Crippen LogP contribution is -2.14. The molecule has 2 rings (SSSR count). The molecule has 0 aliphatic rings. The predicted octanol–water partition coefficient (Wildman–Crippen LogP) is 2.91. The van der Waals surface area contributed by atoms with E-state index in [4.69, 9.17) is 0 Å². The van der Waals surface area contributed by atoms with Crippen molar-refractivity contribution < 1.29 is 9.90 Å². The van der Waals surface area contributed by atoms with E-state index in [0.717, 1.165) is 11.1 Å². The molecular formula is C14H14ClNO2. The van der Waals surface area contributed by atoms with Crippen LogP contribution in [0.25, 0.3) is 0 Å². The maximum Gasteiger partial charge on any atom is 0.311 e. The van der Waals surface area contributed by atoms with E-state index in [2.05, 4.69) is 4.98 Å². The molecule has 1 aromatic carbocycles. The standard InChI is InChI=1S/C14H13NO2.ClH/c16-14(17)13(12-7-4-8-15-10-12)9-11-5-2-1-3-6-11;/h1-8,10,13H,9H2,(H,16,17);1H. The summed E-state index contributed by atoms with van der Waals surface area (Å²) < 4.78 is 0. The molecule has 0 spiro atoms. The van der Waals surface area contributed by atoms with Crippen molar-refractivity contribution in [3.8, 4) is 0 Å². The largest absolute Gasteiger partial charge is 0.481 e. The predicted molar refractivity (Wildman–Crippen MR) is 72.0 cm³/mol. The van der Waals surface area contributed by atoms with Gasteiger partial charge in [0.1, 0.15) is 0 Å². The van der Waals surface area contributed by atoms with Crippen LogP contribution in [0.1, 0.15) is 17.0 Å². The van der Waals surface area contributed by atoms with Gasteiger partial charge in [-0.1, -0.05) is 36.4 Å². The highest BCUT2D eigenvalue weighted by atomic mass is 35.5. The molecule has 1 N–H and O–H groups in total. The zero-order valence-electron chi connectivity index (χ0n) is 9.69. The molecule has 2 aromatic rings. The number of aliphatic carboxylic acids is 1. The number of pyridine rings is 1. The van der Waals surface area contributed by atoms with Crippen molar-refractivity contribution in [3.63, 3.8) is 0 Å². The molecule has 0 bridgehead atoms. The van der Waals surface area contributed by atoms with Crippen molar-refractivity contribution in [2.75, 3.05) is 0 Å². The van der Waals surface area contributed by atoms with Gasteiger partial charge in [-0.05, 0) is 23.6 Å². The monoisotopic (exact) mass is 263 g/mol. The zero-order valence-corrected chi connectivity index (χ0v) is 10.5. The molecule has 0 saturated carbocycles. The molecule has 1 heterocycles. The van der Waals surface area contributed by atoms with E-state index in [1.165, 1.54) is 0 Å². The highest BCUT2D eigenvalue weighted by molar-refractivity contribution is 5.85. The second kappa shape index (κ2) is 6.77. The van der Waals surface area contributed by atoms with E-state index in [0.29, 0.717) is 6.42 Å². The number of carbonyl (C=O) groups is 1. The van der Waals surface area contributed by atoms with Crippen molar-refractivity contribution in [2.45, 2.75) is 12.3 Å². The van der Waals surface area contributed by atoms with Gasteiger partial charge in [-0.15, -0.1) is 12.4 Å². The van der Waals surface area contributed by atoms with Crippen molar-refractivity contribution in [1.29, 1.82) is 0 Å². The first-order chi connectivity index (χ1) is 8.27. The summed E-state index contributed by atoms with van der Waals surface area (Å²) in [5.41, 5.74) is 1.76. The summed E-state index contributed by atoms with van der Waals surface area (Å²) in [5.74, 6) is -1.35. The van der Waals surface area contributed by atoms with E-state index in [-0.39, 0.29) is 12.4 Å². The molecule has 94 valence electrons. The molecule has 3 nitrogen and oxygen atoms in total. The van der Waals surface area contributed by atoms with Crippen LogP contribution in [-0.2, 0) is 11.2 Å². The van der Waals surface area contributed by atoms with Gasteiger partial charge in [0.15, 0.2) is 0 Å². The fraction of sp³-hybridized carbons (Fsp3) is 0.143. The first kappa shape index (κ1) is 14.2. The summed E-state index contributed by atoms with van der Waals surface area (Å²) in [6, 6.07) is 13.2. The third-order valence-corrected chi connectivity index (χ3v) is 2.67. The van der Waals surface area contributed by atoms with Crippen LogP contribution in [0.5, 0.6) is 0 Å². The Bertz CT molecular complexity index is 488. The van der Waals surface area contributed by atoms with E-state index in [9.17, 15) is 9.90 Å². The Morgan fingerprint density at radius 2 is 1.89 bits per heavy atom. The summed E-state index contributed by atoms with van der Waals surface area (Å²) in [6.07, 6.45) is 3.74. The number of hydrogen-bond donors (Lipinski definition) is 1. The highest BCUT2D eigenvalue weighted by Gasteiger charge is 2.20. The fourth-order valence-corrected chi connectivity index (χ4v) is 1.78. The van der Waals surface area contributed by atoms with E-state index in [1.54, 1.807) is 24.5 Å². The van der Waals surface area contributed by atoms with Crippen molar-refractivity contribution in [2.24, 2.45) is 0 Å². The van der Waals surface area contributed by atoms with Gasteiger partial charge in [0, 0.05) is 12.4 Å². The first-order valence-corrected chi connectivity index (χ1v) is 5.44. The molecule has 0 aliphatic carbocycles. The van der Waals surface area contributed by atoms with Crippen LogP contribution in [0.4, 0.5) is 0 Å². The van der Waals surface area contributed by atoms with Crippen molar-refractivity contribution in [1.82, 2.24) is 4.98 Å². The zero-order chi connectivity index (χ0) is 12.1. The molecule has 0 aliphatic heterocycles. The number of carboxylic acid groups (broad SMARTS) is 1. The van der Waals surface area contributed by atoms with Gasteiger partial charge >= 0.3 is 5.97 Å². The Balaban J connectivity index is 0.00000162. The summed E-state index contributed by atoms with van der Waals surface area (Å²) in [5, 5.41) is 9.26. The maximum absolute atomic E-state index is 11.3. The normalized spacial score (nSPS) is 11.3. The average molecular weight is 264 g/mol. The lowest BCUT2D eigenvalue weighted by atomic mass is 9.93. The van der Waals surface area contributed by atoms with Crippen LogP contribution in [0.2, 0.25) is 0 Å². The second-order valence-electron chi connectivity index (χ2n) is 3.87. The summed E-state index contributed by atoms with van der Waals surface area (Å²) >= 11 is 0. The van der Waals surface area contributed by atoms with Gasteiger partial charge in [-0.3, -0.25) is 9.78 Å². The molecule has 0 radical (unpaired) electrons. The lowest BCUT2D eigenvalue weighted by Gasteiger charge is -2.12. The van der Waals surface area contributed by atoms with Crippen LogP contribution >= 0.6 is 12.4 Å². The SMILES string of the molecule is Cl.O=C(O)C(Cc1ccccc1)c1cccnc1. The minimum Gasteiger partial charge on any atom is -0.481 e. The Morgan fingerprint density at radius 3 is 2.44 bits per heavy atom. The summed E-state index contributed by atoms with van der Waals surface area (Å²) in [7, 11) is 0. The molecule has 18 heavy (non-hydrogen) atoms. The molecular weight excluding hydrogens is 250 g/mol. The fourth-order valence-electron chi connectivity index (χ4n) is 1.78. The Morgan fingerprint density at radius 1 is 1.17 bits per heavy atom. The molecule has 1 aromatic heterocycles. The van der Waals surface area contributed by atoms with Gasteiger partial charge in [0.05, 0.1) is 5.92 Å². The quantitative estimate of drug-likeness (QED) is 0.923. The smallest absolute Gasteiger partial charge is 0.311 e. The van der Waals surface area contributed by atoms with Crippen LogP contribution in [0.3, 0.4) is 0 Å². The number of benzene rings is 1. The van der Waals surface area contributed by atoms with Gasteiger partial charge in [-0.2, -0.15) is 0 Å². The lowest BCUT2D eigenvalue weighted by molar-refractivity contribution is -0.138. The third-order valence-electron chi connectivity index (χ3n) is 2.67. The summed E-state index contributed by atoms with van der Waals surface area (Å²) in [6.45, 7) is 0. The number of halogens is 1. The first-order valence-electron chi connectivity index (χ1n) is 5.44. The number of carboxylic acids is 1. The van der Waals surface area contributed by atoms with Crippen LogP contribution < -0.4 is 0 Å². The molecule has 0 amide bonds. The topological polar surface area (TPSA) is 50.2 Å². The van der Waals surface area contributed by atoms with Crippen LogP contribution in [0.15, 0.2) is 54.9 Å². The number of rotatable bonds is 4. The van der Waals surface area contributed by atoms with E-state index >= 15 is 0 Å². The van der Waals surface area contributed by atoms with E-state index < -0.39 is 11.9 Å². The third kappa shape index (κ3) is 3.57. The average Bonchev–Trinajstić information content (AvgIpc) is 2.38. The van der Waals surface area contributed by atoms with Crippen molar-refractivity contribution >= 4 is 18.4 Å². The molecule has 1 atom stereocenters. The van der Waals surface area contributed by atoms with Crippen LogP contribution in [0, 0.1) is 0 Å². The van der Waals surface area contributed by atoms with Gasteiger partial charge < -0.3 is 5.11 Å². The second-order valence-corrected chi connectivity index (χ2v) is 3.87. The molecule has 4 heteroatoms. The Hall–Kier alpha value is -1.87. The summed E-state index contributed by atoms with van der Waals surface area (Å²) in [4.78, 5) is 15.2. The molecule has 1 unspecified atom stereocenters. The van der Waals surface area contributed by atoms with Crippen LogP contribution in [-0.4, -0.2) is 16.1 Å². The van der Waals surface area contributed by atoms with Gasteiger partial charge in [0.2, 0.25) is 0 Å². The highest BCUT2D eigenvalue weighted by Crippen LogP contribution is 2.20. The minimum absolute atomic E-state index is 0. The Labute approximate surface area is 112 Å². The van der Waals surface area contributed by atoms with E-state index in [1.807, 2.05) is 30.3 Å². The molecule has 0 saturated heterocycles. The Kier molecular flexibility index (Phi) is 5.33. The number of nitrogens with zero attached hydrogens (tertiary/aromatic N) is 1. The van der Waals surface area contributed by atoms with Gasteiger partial charge in [-0.25, -0.2) is 0 Å². The van der Waals surface area contributed by atoms with Crippen molar-refractivity contribution in [3.05, 3.63) is 66.0 Å². The maximum atomic E-state index is 11.3.